The predicted molar refractivity (Wildman–Crippen MR) is 64.9 cm³/mol. The molecule has 0 aliphatic heterocycles. The zero-order valence-corrected chi connectivity index (χ0v) is 10.2. The summed E-state index contributed by atoms with van der Waals surface area (Å²) >= 11 is 0. The molecule has 3 rings (SSSR count). The van der Waals surface area contributed by atoms with E-state index in [0.29, 0.717) is 13.1 Å². The fraction of sp³-hybridized carbons (Fsp3) is 0.583. The maximum atomic E-state index is 10.0. The molecular weight excluding hydrogens is 230 g/mol. The van der Waals surface area contributed by atoms with E-state index in [4.69, 9.17) is 0 Å². The van der Waals surface area contributed by atoms with Gasteiger partial charge in [-0.1, -0.05) is 5.21 Å². The summed E-state index contributed by atoms with van der Waals surface area (Å²) in [7, 11) is 0. The molecule has 18 heavy (non-hydrogen) atoms. The van der Waals surface area contributed by atoms with Gasteiger partial charge in [0.05, 0.1) is 30.6 Å². The summed E-state index contributed by atoms with van der Waals surface area (Å²) in [5, 5.41) is 22.5. The number of fused-ring (bicyclic) bond motifs is 1. The number of aryl methyl sites for hydroxylation is 1. The second-order valence-electron chi connectivity index (χ2n) is 4.75. The van der Waals surface area contributed by atoms with Gasteiger partial charge in [0.2, 0.25) is 0 Å². The van der Waals surface area contributed by atoms with Crippen LogP contribution in [0.1, 0.15) is 24.2 Å². The summed E-state index contributed by atoms with van der Waals surface area (Å²) in [5.74, 6) is 0. The zero-order valence-electron chi connectivity index (χ0n) is 10.2. The summed E-state index contributed by atoms with van der Waals surface area (Å²) in [5.41, 5.74) is 2.30. The van der Waals surface area contributed by atoms with Gasteiger partial charge in [-0.25, -0.2) is 4.68 Å². The van der Waals surface area contributed by atoms with E-state index in [1.165, 1.54) is 18.5 Å². The van der Waals surface area contributed by atoms with Crippen LogP contribution in [0.5, 0.6) is 0 Å². The maximum Gasteiger partial charge on any atom is 0.0932 e. The van der Waals surface area contributed by atoms with Gasteiger partial charge in [-0.2, -0.15) is 5.10 Å². The van der Waals surface area contributed by atoms with Crippen molar-refractivity contribution in [2.75, 3.05) is 0 Å². The molecule has 0 spiro atoms. The summed E-state index contributed by atoms with van der Waals surface area (Å²) in [6.45, 7) is 0.976. The Morgan fingerprint density at radius 2 is 2.17 bits per heavy atom. The molecule has 2 aromatic heterocycles. The standard InChI is InChI=1S/C12H17N5O/c18-10(8-16-7-3-6-13-16)9-17-12-5-2-1-4-11(12)14-15-17/h3,6-7,10,18H,1-2,4-5,8-9H2. The molecule has 0 fully saturated rings. The Morgan fingerprint density at radius 3 is 3.00 bits per heavy atom. The molecule has 0 saturated carbocycles. The van der Waals surface area contributed by atoms with Crippen molar-refractivity contribution in [1.82, 2.24) is 24.8 Å². The van der Waals surface area contributed by atoms with Crippen molar-refractivity contribution in [3.63, 3.8) is 0 Å². The lowest BCUT2D eigenvalue weighted by molar-refractivity contribution is 0.124. The average molecular weight is 247 g/mol. The molecule has 0 radical (unpaired) electrons. The molecule has 1 unspecified atom stereocenters. The normalized spacial score (nSPS) is 16.5. The molecule has 6 nitrogen and oxygen atoms in total. The molecule has 1 N–H and O–H groups in total. The molecule has 0 amide bonds. The molecule has 1 aliphatic carbocycles. The number of aliphatic hydroxyl groups excluding tert-OH is 1. The van der Waals surface area contributed by atoms with Crippen LogP contribution in [0.4, 0.5) is 0 Å². The smallest absolute Gasteiger partial charge is 0.0932 e. The van der Waals surface area contributed by atoms with Gasteiger partial charge in [-0.15, -0.1) is 5.10 Å². The van der Waals surface area contributed by atoms with Crippen LogP contribution in [0.15, 0.2) is 18.5 Å². The largest absolute Gasteiger partial charge is 0.389 e. The van der Waals surface area contributed by atoms with Gasteiger partial charge < -0.3 is 5.11 Å². The molecule has 6 heteroatoms. The van der Waals surface area contributed by atoms with Crippen LogP contribution in [-0.2, 0) is 25.9 Å². The quantitative estimate of drug-likeness (QED) is 0.850. The molecule has 0 saturated heterocycles. The molecule has 2 heterocycles. The molecule has 2 aromatic rings. The van der Waals surface area contributed by atoms with Crippen LogP contribution in [0.3, 0.4) is 0 Å². The van der Waals surface area contributed by atoms with E-state index in [-0.39, 0.29) is 0 Å². The van der Waals surface area contributed by atoms with E-state index in [2.05, 4.69) is 15.4 Å². The van der Waals surface area contributed by atoms with Crippen LogP contribution < -0.4 is 0 Å². The predicted octanol–water partition coefficient (Wildman–Crippen LogP) is 0.414. The van der Waals surface area contributed by atoms with Crippen molar-refractivity contribution in [3.05, 3.63) is 29.8 Å². The molecule has 1 atom stereocenters. The van der Waals surface area contributed by atoms with Crippen LogP contribution >= 0.6 is 0 Å². The van der Waals surface area contributed by atoms with Crippen molar-refractivity contribution in [2.24, 2.45) is 0 Å². The Kier molecular flexibility index (Phi) is 3.10. The number of nitrogens with zero attached hydrogens (tertiary/aromatic N) is 5. The minimum atomic E-state index is -0.488. The third kappa shape index (κ3) is 2.28. The van der Waals surface area contributed by atoms with E-state index >= 15 is 0 Å². The molecule has 1 aliphatic rings. The Labute approximate surface area is 105 Å². The second-order valence-corrected chi connectivity index (χ2v) is 4.75. The van der Waals surface area contributed by atoms with E-state index in [0.717, 1.165) is 18.5 Å². The van der Waals surface area contributed by atoms with Crippen LogP contribution in [0, 0.1) is 0 Å². The average Bonchev–Trinajstić information content (AvgIpc) is 3.00. The Hall–Kier alpha value is -1.69. The monoisotopic (exact) mass is 247 g/mol. The number of rotatable bonds is 4. The first-order valence-electron chi connectivity index (χ1n) is 6.39. The van der Waals surface area contributed by atoms with Crippen molar-refractivity contribution >= 4 is 0 Å². The molecule has 0 bridgehead atoms. The highest BCUT2D eigenvalue weighted by atomic mass is 16.3. The first-order valence-corrected chi connectivity index (χ1v) is 6.39. The number of aromatic nitrogens is 5. The summed E-state index contributed by atoms with van der Waals surface area (Å²) in [6.07, 6.45) is 7.50. The first-order chi connectivity index (χ1) is 8.83. The fourth-order valence-electron chi connectivity index (χ4n) is 2.45. The van der Waals surface area contributed by atoms with Gasteiger partial charge in [0.15, 0.2) is 0 Å². The van der Waals surface area contributed by atoms with Crippen molar-refractivity contribution in [1.29, 1.82) is 0 Å². The lowest BCUT2D eigenvalue weighted by Gasteiger charge is -2.15. The Morgan fingerprint density at radius 1 is 1.28 bits per heavy atom. The van der Waals surface area contributed by atoms with Crippen molar-refractivity contribution in [3.8, 4) is 0 Å². The number of aliphatic hydroxyl groups is 1. The van der Waals surface area contributed by atoms with Gasteiger partial charge in [-0.3, -0.25) is 4.68 Å². The minimum Gasteiger partial charge on any atom is -0.389 e. The highest BCUT2D eigenvalue weighted by Crippen LogP contribution is 2.18. The van der Waals surface area contributed by atoms with E-state index in [1.807, 2.05) is 16.9 Å². The summed E-state index contributed by atoms with van der Waals surface area (Å²) in [4.78, 5) is 0. The second kappa shape index (κ2) is 4.89. The van der Waals surface area contributed by atoms with Gasteiger partial charge in [-0.05, 0) is 31.7 Å². The maximum absolute atomic E-state index is 10.0. The van der Waals surface area contributed by atoms with Gasteiger partial charge >= 0.3 is 0 Å². The van der Waals surface area contributed by atoms with Gasteiger partial charge in [0.25, 0.3) is 0 Å². The minimum absolute atomic E-state index is 0.488. The van der Waals surface area contributed by atoms with Crippen molar-refractivity contribution in [2.45, 2.75) is 44.9 Å². The Bertz CT molecular complexity index is 505. The van der Waals surface area contributed by atoms with Crippen LogP contribution in [0.25, 0.3) is 0 Å². The first kappa shape index (κ1) is 11.4. The SMILES string of the molecule is OC(Cn1cccn1)Cn1nnc2c1CCCC2. The molecule has 0 aromatic carbocycles. The third-order valence-electron chi connectivity index (χ3n) is 3.34. The van der Waals surface area contributed by atoms with E-state index < -0.39 is 6.10 Å². The molecular formula is C12H17N5O. The highest BCUT2D eigenvalue weighted by molar-refractivity contribution is 5.13. The third-order valence-corrected chi connectivity index (χ3v) is 3.34. The van der Waals surface area contributed by atoms with Crippen LogP contribution in [0.2, 0.25) is 0 Å². The number of hydrogen-bond donors (Lipinski definition) is 1. The summed E-state index contributed by atoms with van der Waals surface area (Å²) in [6, 6.07) is 1.85. The highest BCUT2D eigenvalue weighted by Gasteiger charge is 2.18. The van der Waals surface area contributed by atoms with Gasteiger partial charge in [0, 0.05) is 12.4 Å². The lowest BCUT2D eigenvalue weighted by Crippen LogP contribution is -2.24. The zero-order chi connectivity index (χ0) is 12.4. The van der Waals surface area contributed by atoms with E-state index in [1.54, 1.807) is 10.9 Å². The van der Waals surface area contributed by atoms with E-state index in [9.17, 15) is 5.11 Å². The summed E-state index contributed by atoms with van der Waals surface area (Å²) < 4.78 is 3.58. The van der Waals surface area contributed by atoms with Gasteiger partial charge in [0.1, 0.15) is 0 Å². The molecule has 96 valence electrons. The topological polar surface area (TPSA) is 68.8 Å². The van der Waals surface area contributed by atoms with Crippen molar-refractivity contribution < 1.29 is 5.11 Å². The number of hydrogen-bond acceptors (Lipinski definition) is 4. The lowest BCUT2D eigenvalue weighted by atomic mass is 10.0. The fourth-order valence-corrected chi connectivity index (χ4v) is 2.45. The van der Waals surface area contributed by atoms with Crippen LogP contribution in [-0.4, -0.2) is 36.0 Å². The Balaban J connectivity index is 1.67.